The number of hydrogen-bond donors (Lipinski definition) is 1. The first kappa shape index (κ1) is 20.8. The second kappa shape index (κ2) is 7.99. The highest BCUT2D eigenvalue weighted by Gasteiger charge is 2.18. The average Bonchev–Trinajstić information content (AvgIpc) is 3.28. The quantitative estimate of drug-likeness (QED) is 0.315. The number of rotatable bonds is 1. The van der Waals surface area contributed by atoms with E-state index in [-0.39, 0.29) is 11.1 Å². The van der Waals surface area contributed by atoms with Crippen LogP contribution in [0.25, 0.3) is 33.1 Å². The number of fused-ring (bicyclic) bond motifs is 2. The van der Waals surface area contributed by atoms with Crippen LogP contribution in [0, 0.1) is 39.3 Å². The van der Waals surface area contributed by atoms with Crippen molar-refractivity contribution in [2.75, 3.05) is 0 Å². The Morgan fingerprint density at radius 1 is 0.871 bits per heavy atom. The van der Waals surface area contributed by atoms with E-state index in [0.29, 0.717) is 16.9 Å². The molecule has 0 bridgehead atoms. The first-order chi connectivity index (χ1) is 14.7. The van der Waals surface area contributed by atoms with Crippen molar-refractivity contribution in [3.05, 3.63) is 88.9 Å². The molecule has 0 saturated carbocycles. The predicted octanol–water partition coefficient (Wildman–Crippen LogP) is 6.92. The fourth-order valence-corrected chi connectivity index (χ4v) is 3.80. The number of H-pyrrole nitrogens is 1. The van der Waals surface area contributed by atoms with Gasteiger partial charge in [-0.15, -0.1) is 0 Å². The van der Waals surface area contributed by atoms with Crippen LogP contribution in [0.15, 0.2) is 54.7 Å². The molecule has 3 aromatic carbocycles. The number of nitrogens with zero attached hydrogens (tertiary/aromatic N) is 2. The first-order valence-electron chi connectivity index (χ1n) is 10.2. The largest absolute Gasteiger partial charge is 0.351 e. The molecule has 0 aliphatic rings. The number of imidazole rings is 1. The number of hydrogen-bond acceptors (Lipinski definition) is 1. The lowest BCUT2D eigenvalue weighted by Gasteiger charge is -2.07. The molecule has 0 aliphatic carbocycles. The SMILES string of the molecule is Cc1ccc(C)c(C)c1.Cc1nc2c(F)c(-c3ccc4c(ccn4C)c3)c(F)cc2[nH]1. The van der Waals surface area contributed by atoms with E-state index < -0.39 is 11.6 Å². The smallest absolute Gasteiger partial charge is 0.161 e. The molecule has 1 N–H and O–H groups in total. The van der Waals surface area contributed by atoms with E-state index in [1.807, 2.05) is 29.9 Å². The van der Waals surface area contributed by atoms with Gasteiger partial charge in [0.15, 0.2) is 5.82 Å². The molecule has 0 amide bonds. The van der Waals surface area contributed by atoms with Gasteiger partial charge in [-0.25, -0.2) is 13.8 Å². The Kier molecular flexibility index (Phi) is 5.36. The number of aromatic nitrogens is 3. The lowest BCUT2D eigenvalue weighted by atomic mass is 10.0. The van der Waals surface area contributed by atoms with Crippen LogP contribution >= 0.6 is 0 Å². The Morgan fingerprint density at radius 2 is 1.65 bits per heavy atom. The Morgan fingerprint density at radius 3 is 2.35 bits per heavy atom. The van der Waals surface area contributed by atoms with Gasteiger partial charge in [-0.2, -0.15) is 0 Å². The Bertz CT molecular complexity index is 1410. The van der Waals surface area contributed by atoms with E-state index in [1.165, 1.54) is 22.8 Å². The van der Waals surface area contributed by atoms with Crippen LogP contribution in [0.3, 0.4) is 0 Å². The summed E-state index contributed by atoms with van der Waals surface area (Å²) in [6.45, 7) is 8.11. The third kappa shape index (κ3) is 3.96. The molecule has 5 rings (SSSR count). The van der Waals surface area contributed by atoms with Gasteiger partial charge in [-0.05, 0) is 62.6 Å². The van der Waals surface area contributed by atoms with Gasteiger partial charge >= 0.3 is 0 Å². The molecule has 3 nitrogen and oxygen atoms in total. The Balaban J connectivity index is 0.000000217. The molecule has 0 saturated heterocycles. The van der Waals surface area contributed by atoms with Gasteiger partial charge in [0.1, 0.15) is 17.2 Å². The number of nitrogens with one attached hydrogen (secondary N) is 1. The van der Waals surface area contributed by atoms with Crippen molar-refractivity contribution in [1.29, 1.82) is 0 Å². The highest BCUT2D eigenvalue weighted by molar-refractivity contribution is 5.89. The van der Waals surface area contributed by atoms with Crippen molar-refractivity contribution < 1.29 is 8.78 Å². The van der Waals surface area contributed by atoms with Crippen LogP contribution in [0.5, 0.6) is 0 Å². The molecule has 5 heteroatoms. The van der Waals surface area contributed by atoms with E-state index in [2.05, 4.69) is 48.9 Å². The lowest BCUT2D eigenvalue weighted by Crippen LogP contribution is -1.92. The summed E-state index contributed by atoms with van der Waals surface area (Å²) >= 11 is 0. The fraction of sp³-hybridized carbons (Fsp3) is 0.192. The van der Waals surface area contributed by atoms with E-state index in [0.717, 1.165) is 10.9 Å². The summed E-state index contributed by atoms with van der Waals surface area (Å²) in [6.07, 6.45) is 1.92. The van der Waals surface area contributed by atoms with Gasteiger partial charge < -0.3 is 9.55 Å². The van der Waals surface area contributed by atoms with Crippen molar-refractivity contribution >= 4 is 21.9 Å². The van der Waals surface area contributed by atoms with Crippen LogP contribution in [0.4, 0.5) is 8.78 Å². The van der Waals surface area contributed by atoms with Crippen LogP contribution in [-0.2, 0) is 7.05 Å². The Hall–Kier alpha value is -3.47. The van der Waals surface area contributed by atoms with Crippen LogP contribution < -0.4 is 0 Å². The van der Waals surface area contributed by atoms with Gasteiger partial charge in [0.25, 0.3) is 0 Å². The molecular weight excluding hydrogens is 392 g/mol. The van der Waals surface area contributed by atoms with Crippen molar-refractivity contribution in [2.24, 2.45) is 7.05 Å². The summed E-state index contributed by atoms with van der Waals surface area (Å²) in [5, 5.41) is 0.942. The molecule has 0 unspecified atom stereocenters. The normalized spacial score (nSPS) is 11.1. The Labute approximate surface area is 180 Å². The van der Waals surface area contributed by atoms with Crippen LogP contribution in [0.2, 0.25) is 0 Å². The van der Waals surface area contributed by atoms with E-state index in [9.17, 15) is 8.78 Å². The standard InChI is InChI=1S/C17H13F2N3.C9H12/c1-9-20-13-8-12(18)15(16(19)17(13)21-9)11-3-4-14-10(7-11)5-6-22(14)2;1-7-4-5-8(2)9(3)6-7/h3-8H,1-2H3,(H,20,21);4-6H,1-3H3. The maximum absolute atomic E-state index is 14.7. The second-order valence-electron chi connectivity index (χ2n) is 8.05. The van der Waals surface area contributed by atoms with Crippen molar-refractivity contribution in [3.8, 4) is 11.1 Å². The summed E-state index contributed by atoms with van der Waals surface area (Å²) in [5.41, 5.74) is 6.13. The van der Waals surface area contributed by atoms with Gasteiger partial charge in [0.2, 0.25) is 0 Å². The summed E-state index contributed by atoms with van der Waals surface area (Å²) in [5.74, 6) is -0.664. The van der Waals surface area contributed by atoms with Gasteiger partial charge in [-0.3, -0.25) is 0 Å². The van der Waals surface area contributed by atoms with Gasteiger partial charge in [0, 0.05) is 30.2 Å². The fourth-order valence-electron chi connectivity index (χ4n) is 3.80. The van der Waals surface area contributed by atoms with E-state index in [4.69, 9.17) is 0 Å². The van der Waals surface area contributed by atoms with Crippen molar-refractivity contribution in [1.82, 2.24) is 14.5 Å². The van der Waals surface area contributed by atoms with Gasteiger partial charge in [-0.1, -0.05) is 29.8 Å². The average molecular weight is 418 g/mol. The summed E-state index contributed by atoms with van der Waals surface area (Å²) in [7, 11) is 1.93. The number of aromatic amines is 1. The first-order valence-corrected chi connectivity index (χ1v) is 10.2. The summed E-state index contributed by atoms with van der Waals surface area (Å²) < 4.78 is 31.1. The maximum atomic E-state index is 14.7. The number of benzene rings is 3. The third-order valence-corrected chi connectivity index (χ3v) is 5.62. The molecule has 0 fully saturated rings. The third-order valence-electron chi connectivity index (χ3n) is 5.62. The minimum Gasteiger partial charge on any atom is -0.351 e. The molecule has 31 heavy (non-hydrogen) atoms. The van der Waals surface area contributed by atoms with E-state index >= 15 is 0 Å². The highest BCUT2D eigenvalue weighted by Crippen LogP contribution is 2.32. The zero-order chi connectivity index (χ0) is 22.3. The molecule has 0 radical (unpaired) electrons. The molecule has 0 spiro atoms. The number of halogens is 2. The number of aryl methyl sites for hydroxylation is 5. The zero-order valence-electron chi connectivity index (χ0n) is 18.3. The molecule has 0 atom stereocenters. The predicted molar refractivity (Wildman–Crippen MR) is 123 cm³/mol. The maximum Gasteiger partial charge on any atom is 0.161 e. The van der Waals surface area contributed by atoms with E-state index in [1.54, 1.807) is 19.1 Å². The molecule has 5 aromatic rings. The minimum absolute atomic E-state index is 0.0373. The zero-order valence-corrected chi connectivity index (χ0v) is 18.3. The van der Waals surface area contributed by atoms with Crippen molar-refractivity contribution in [2.45, 2.75) is 27.7 Å². The summed E-state index contributed by atoms with van der Waals surface area (Å²) in [4.78, 5) is 6.96. The highest BCUT2D eigenvalue weighted by atomic mass is 19.1. The molecule has 158 valence electrons. The van der Waals surface area contributed by atoms with Crippen LogP contribution in [0.1, 0.15) is 22.5 Å². The topological polar surface area (TPSA) is 33.6 Å². The lowest BCUT2D eigenvalue weighted by molar-refractivity contribution is 0.597. The van der Waals surface area contributed by atoms with Gasteiger partial charge in [0.05, 0.1) is 11.1 Å². The molecule has 2 heterocycles. The molecule has 0 aliphatic heterocycles. The van der Waals surface area contributed by atoms with Crippen molar-refractivity contribution in [3.63, 3.8) is 0 Å². The molecular formula is C26H25F2N3. The van der Waals surface area contributed by atoms with Crippen LogP contribution in [-0.4, -0.2) is 14.5 Å². The monoisotopic (exact) mass is 417 g/mol. The minimum atomic E-state index is -0.630. The molecule has 2 aromatic heterocycles. The second-order valence-corrected chi connectivity index (χ2v) is 8.05. The summed E-state index contributed by atoms with van der Waals surface area (Å²) in [6, 6.07) is 15.1.